The molecular weight excluding hydrogens is 439 g/mol. The van der Waals surface area contributed by atoms with Crippen LogP contribution < -0.4 is 6.64 Å². The third kappa shape index (κ3) is 5.43. The molecule has 0 radical (unpaired) electrons. The van der Waals surface area contributed by atoms with E-state index in [-0.39, 0.29) is 0 Å². The van der Waals surface area contributed by atoms with Crippen LogP contribution in [0.4, 0.5) is 0 Å². The molecule has 0 spiro atoms. The second-order valence-electron chi connectivity index (χ2n) is 6.45. The van der Waals surface area contributed by atoms with Gasteiger partial charge in [0.2, 0.25) is 0 Å². The summed E-state index contributed by atoms with van der Waals surface area (Å²) in [7, 11) is 12.9. The number of hydrogen-bond donors (Lipinski definition) is 0. The fraction of sp³-hybridized carbons (Fsp3) is 0. The van der Waals surface area contributed by atoms with E-state index in [1.807, 2.05) is 84.9 Å². The minimum atomic E-state index is -3.99. The van der Waals surface area contributed by atoms with E-state index in [4.69, 9.17) is 25.2 Å². The molecule has 0 aromatic heterocycles. The van der Waals surface area contributed by atoms with Crippen molar-refractivity contribution in [3.8, 4) is 33.8 Å². The zero-order valence-electron chi connectivity index (χ0n) is 15.5. The Kier molecular flexibility index (Phi) is 6.27. The molecule has 4 aromatic carbocycles. The molecule has 0 heterocycles. The number of rotatable bonds is 6. The summed E-state index contributed by atoms with van der Waals surface area (Å²) >= 11 is -3.99. The monoisotopic (exact) mass is 456 g/mol. The van der Waals surface area contributed by atoms with Crippen LogP contribution in [0.2, 0.25) is 0 Å². The van der Waals surface area contributed by atoms with Gasteiger partial charge in [0.15, 0.2) is 0 Å². The molecule has 0 aliphatic carbocycles. The summed E-state index contributed by atoms with van der Waals surface area (Å²) in [5, 5.41) is 0. The molecule has 5 heteroatoms. The van der Waals surface area contributed by atoms with Gasteiger partial charge < -0.3 is 0 Å². The van der Waals surface area contributed by atoms with Crippen molar-refractivity contribution in [3.63, 3.8) is 0 Å². The Morgan fingerprint density at radius 3 is 1.07 bits per heavy atom. The van der Waals surface area contributed by atoms with E-state index in [0.717, 1.165) is 22.3 Å². The van der Waals surface area contributed by atoms with Crippen molar-refractivity contribution in [2.45, 2.75) is 0 Å². The van der Waals surface area contributed by atoms with Crippen LogP contribution in [0.5, 0.6) is 11.5 Å². The van der Waals surface area contributed by atoms with Crippen LogP contribution in [0.15, 0.2) is 109 Å². The van der Waals surface area contributed by atoms with Gasteiger partial charge in [-0.1, -0.05) is 0 Å². The molecule has 0 amide bonds. The Morgan fingerprint density at radius 2 is 0.724 bits per heavy atom. The summed E-state index contributed by atoms with van der Waals surface area (Å²) in [6.07, 6.45) is 0. The molecule has 0 atom stereocenters. The predicted molar refractivity (Wildman–Crippen MR) is 117 cm³/mol. The number of hydrogen-bond acceptors (Lipinski definition) is 2. The van der Waals surface area contributed by atoms with Crippen LogP contribution in [-0.4, -0.2) is 0 Å². The van der Waals surface area contributed by atoms with E-state index >= 15 is 0 Å². The standard InChI is InChI=1S/2C12H10O.2ClH.Ti/c2*13-12-8-6-11(7-9-12)10-4-2-1-3-5-10;;;/h2*1-9,13H;2*1H;/q;;;;+4/p-4. The molecule has 0 N–H and O–H groups in total. The molecule has 0 aliphatic heterocycles. The molecule has 2 nitrogen and oxygen atoms in total. The molecule has 29 heavy (non-hydrogen) atoms. The molecule has 0 saturated heterocycles. The first-order valence-electron chi connectivity index (χ1n) is 9.16. The summed E-state index contributed by atoms with van der Waals surface area (Å²) in [6, 6.07) is 35.6. The van der Waals surface area contributed by atoms with Gasteiger partial charge in [-0.05, 0) is 0 Å². The summed E-state index contributed by atoms with van der Waals surface area (Å²) in [6.45, 7) is 0. The second-order valence-corrected chi connectivity index (χ2v) is 13.4. The zero-order chi connectivity index (χ0) is 20.1. The first-order valence-corrected chi connectivity index (χ1v) is 14.7. The van der Waals surface area contributed by atoms with Gasteiger partial charge in [-0.25, -0.2) is 0 Å². The van der Waals surface area contributed by atoms with Crippen LogP contribution in [0, 0.1) is 0 Å². The third-order valence-electron chi connectivity index (χ3n) is 4.40. The van der Waals surface area contributed by atoms with Gasteiger partial charge in [0.1, 0.15) is 0 Å². The van der Waals surface area contributed by atoms with E-state index in [1.54, 1.807) is 0 Å². The first-order chi connectivity index (χ1) is 14.1. The van der Waals surface area contributed by atoms with Crippen molar-refractivity contribution in [2.24, 2.45) is 0 Å². The zero-order valence-corrected chi connectivity index (χ0v) is 18.5. The Labute approximate surface area is 182 Å². The summed E-state index contributed by atoms with van der Waals surface area (Å²) in [4.78, 5) is 0. The minimum absolute atomic E-state index is 0.593. The molecule has 0 bridgehead atoms. The van der Waals surface area contributed by atoms with Crippen LogP contribution in [-0.2, 0) is 15.2 Å². The number of benzene rings is 4. The fourth-order valence-electron chi connectivity index (χ4n) is 2.99. The molecule has 0 aliphatic rings. The summed E-state index contributed by atoms with van der Waals surface area (Å²) in [5.41, 5.74) is 4.46. The van der Waals surface area contributed by atoms with Gasteiger partial charge in [-0.3, -0.25) is 0 Å². The Hall–Kier alpha value is -2.23. The summed E-state index contributed by atoms with van der Waals surface area (Å²) < 4.78 is 11.6. The van der Waals surface area contributed by atoms with Crippen molar-refractivity contribution >= 4 is 18.6 Å². The Bertz CT molecular complexity index is 965. The molecule has 0 fully saturated rings. The van der Waals surface area contributed by atoms with Crippen LogP contribution in [0.3, 0.4) is 0 Å². The predicted octanol–water partition coefficient (Wildman–Crippen LogP) is 7.77. The molecule has 0 unspecified atom stereocenters. The molecule has 4 aromatic rings. The van der Waals surface area contributed by atoms with Crippen molar-refractivity contribution in [1.82, 2.24) is 0 Å². The van der Waals surface area contributed by atoms with E-state index in [2.05, 4.69) is 24.3 Å². The normalized spacial score (nSPS) is 11.1. The van der Waals surface area contributed by atoms with Gasteiger partial charge in [0.05, 0.1) is 0 Å². The van der Waals surface area contributed by atoms with Gasteiger partial charge in [0, 0.05) is 0 Å². The fourth-order valence-corrected chi connectivity index (χ4v) is 5.80. The molecule has 144 valence electrons. The molecule has 4 rings (SSSR count). The van der Waals surface area contributed by atoms with Gasteiger partial charge in [0.25, 0.3) is 0 Å². The van der Waals surface area contributed by atoms with Gasteiger partial charge in [-0.15, -0.1) is 0 Å². The van der Waals surface area contributed by atoms with Crippen LogP contribution in [0.25, 0.3) is 22.3 Å². The quantitative estimate of drug-likeness (QED) is 0.276. The van der Waals surface area contributed by atoms with Crippen LogP contribution >= 0.6 is 18.6 Å². The van der Waals surface area contributed by atoms with E-state index < -0.39 is 15.2 Å². The molecule has 0 saturated carbocycles. The average molecular weight is 457 g/mol. The Morgan fingerprint density at radius 1 is 0.414 bits per heavy atom. The maximum atomic E-state index is 6.43. The second kappa shape index (κ2) is 9.07. The topological polar surface area (TPSA) is 18.5 Å². The number of halogens is 2. The Balaban J connectivity index is 1.42. The summed E-state index contributed by atoms with van der Waals surface area (Å²) in [5.74, 6) is 1.19. The van der Waals surface area contributed by atoms with Crippen molar-refractivity contribution in [2.75, 3.05) is 0 Å². The first kappa shape index (κ1) is 20.1. The van der Waals surface area contributed by atoms with Crippen LogP contribution in [0.1, 0.15) is 0 Å². The van der Waals surface area contributed by atoms with Crippen molar-refractivity contribution in [3.05, 3.63) is 109 Å². The van der Waals surface area contributed by atoms with Crippen molar-refractivity contribution < 1.29 is 21.9 Å². The SMILES string of the molecule is [Cl][Ti]([Cl])([O]c1ccc(-c2ccccc2)cc1)[O]c1ccc(-c2ccccc2)cc1. The molecular formula is C24H18Cl2O2Ti. The van der Waals surface area contributed by atoms with E-state index in [0.29, 0.717) is 11.5 Å². The van der Waals surface area contributed by atoms with Crippen molar-refractivity contribution in [1.29, 1.82) is 0 Å². The van der Waals surface area contributed by atoms with Gasteiger partial charge in [-0.2, -0.15) is 0 Å². The van der Waals surface area contributed by atoms with E-state index in [9.17, 15) is 0 Å². The van der Waals surface area contributed by atoms with E-state index in [1.165, 1.54) is 0 Å². The third-order valence-corrected chi connectivity index (χ3v) is 7.15. The average Bonchev–Trinajstić information content (AvgIpc) is 2.75. The van der Waals surface area contributed by atoms with Gasteiger partial charge >= 0.3 is 183 Å². The maximum absolute atomic E-state index is 6.43.